The van der Waals surface area contributed by atoms with Crippen molar-refractivity contribution >= 4 is 29.6 Å². The molecule has 46 heavy (non-hydrogen) atoms. The van der Waals surface area contributed by atoms with Crippen LogP contribution in [-0.2, 0) is 31.9 Å². The summed E-state index contributed by atoms with van der Waals surface area (Å²) in [4.78, 5) is 58.2. The number of alkyl halides is 3. The lowest BCUT2D eigenvalue weighted by atomic mass is 9.74. The van der Waals surface area contributed by atoms with Crippen LogP contribution in [0.15, 0.2) is 53.8 Å². The second kappa shape index (κ2) is 13.9. The fourth-order valence-corrected chi connectivity index (χ4v) is 5.52. The van der Waals surface area contributed by atoms with Crippen molar-refractivity contribution in [2.75, 3.05) is 26.2 Å². The number of hydrogen-bond donors (Lipinski definition) is 1. The van der Waals surface area contributed by atoms with Gasteiger partial charge >= 0.3 is 18.2 Å². The number of carbonyl (C=O) groups is 4. The van der Waals surface area contributed by atoms with Crippen LogP contribution in [0, 0.1) is 5.41 Å². The first kappa shape index (κ1) is 34.4. The molecule has 1 unspecified atom stereocenters. The zero-order valence-corrected chi connectivity index (χ0v) is 26.2. The minimum atomic E-state index is -4.67. The van der Waals surface area contributed by atoms with E-state index >= 15 is 0 Å². The van der Waals surface area contributed by atoms with Crippen LogP contribution in [0.1, 0.15) is 62.2 Å². The Hall–Kier alpha value is -4.49. The molecule has 3 amide bonds. The van der Waals surface area contributed by atoms with E-state index in [2.05, 4.69) is 15.4 Å². The molecule has 14 heteroatoms. The Labute approximate surface area is 265 Å². The van der Waals surface area contributed by atoms with Gasteiger partial charge in [0.1, 0.15) is 23.6 Å². The Kier molecular flexibility index (Phi) is 10.4. The van der Waals surface area contributed by atoms with E-state index in [4.69, 9.17) is 9.47 Å². The van der Waals surface area contributed by atoms with Crippen LogP contribution in [0.3, 0.4) is 0 Å². The third kappa shape index (κ3) is 8.61. The predicted molar refractivity (Wildman–Crippen MR) is 161 cm³/mol. The molecule has 11 nitrogen and oxygen atoms in total. The number of likely N-dealkylation sites (tertiary alicyclic amines) is 1. The zero-order chi connectivity index (χ0) is 33.7. The molecule has 0 bridgehead atoms. The summed E-state index contributed by atoms with van der Waals surface area (Å²) in [6, 6.07) is 10.6. The van der Waals surface area contributed by atoms with Gasteiger partial charge in [0.15, 0.2) is 0 Å². The Morgan fingerprint density at radius 3 is 2.41 bits per heavy atom. The molecule has 1 saturated heterocycles. The SMILES string of the molecule is CCOC(=O)c1ccc(CCC(NC(=O)OC(C)(C)C)C(=O)N2CCC3=NN(CC(F)(F)F)C(=O)[C@]3(Cc3ccccn3)C2)cc1. The first-order valence-electron chi connectivity index (χ1n) is 15.0. The third-order valence-electron chi connectivity index (χ3n) is 7.54. The quantitative estimate of drug-likeness (QED) is 0.381. The molecule has 4 rings (SSSR count). The summed E-state index contributed by atoms with van der Waals surface area (Å²) >= 11 is 0. The second-order valence-electron chi connectivity index (χ2n) is 12.3. The first-order valence-corrected chi connectivity index (χ1v) is 15.0. The topological polar surface area (TPSA) is 130 Å². The van der Waals surface area contributed by atoms with Gasteiger partial charge in [-0.05, 0) is 70.4 Å². The van der Waals surface area contributed by atoms with Crippen molar-refractivity contribution in [3.8, 4) is 0 Å². The number of esters is 1. The highest BCUT2D eigenvalue weighted by Gasteiger charge is 2.56. The number of alkyl carbamates (subject to hydrolysis) is 1. The molecule has 1 aromatic carbocycles. The number of rotatable bonds is 10. The minimum Gasteiger partial charge on any atom is -0.462 e. The number of ether oxygens (including phenoxy) is 2. The van der Waals surface area contributed by atoms with Crippen LogP contribution in [-0.4, -0.2) is 88.5 Å². The highest BCUT2D eigenvalue weighted by molar-refractivity contribution is 6.13. The van der Waals surface area contributed by atoms with Gasteiger partial charge in [0.05, 0.1) is 17.9 Å². The van der Waals surface area contributed by atoms with Gasteiger partial charge < -0.3 is 19.7 Å². The lowest BCUT2D eigenvalue weighted by Gasteiger charge is -2.40. The molecule has 1 fully saturated rings. The van der Waals surface area contributed by atoms with Crippen molar-refractivity contribution in [2.24, 2.45) is 10.5 Å². The van der Waals surface area contributed by atoms with E-state index in [0.717, 1.165) is 5.56 Å². The van der Waals surface area contributed by atoms with Crippen LogP contribution in [0.2, 0.25) is 0 Å². The smallest absolute Gasteiger partial charge is 0.408 e. The third-order valence-corrected chi connectivity index (χ3v) is 7.54. The number of nitrogens with one attached hydrogen (secondary N) is 1. The van der Waals surface area contributed by atoms with Gasteiger partial charge in [0.25, 0.3) is 5.91 Å². The number of aryl methyl sites for hydroxylation is 1. The van der Waals surface area contributed by atoms with E-state index in [1.807, 2.05) is 0 Å². The molecule has 1 N–H and O–H groups in total. The molecule has 0 spiro atoms. The lowest BCUT2D eigenvalue weighted by Crippen LogP contribution is -2.59. The van der Waals surface area contributed by atoms with Crippen molar-refractivity contribution < 1.29 is 41.8 Å². The lowest BCUT2D eigenvalue weighted by molar-refractivity contribution is -0.164. The van der Waals surface area contributed by atoms with E-state index in [1.54, 1.807) is 70.2 Å². The number of amides is 3. The fraction of sp³-hybridized carbons (Fsp3) is 0.500. The molecule has 1 aromatic heterocycles. The molecule has 3 heterocycles. The standard InChI is InChI=1S/C32H38F3N5O6/c1-5-45-27(42)22-12-9-21(10-13-22)11-14-24(37-29(44)46-30(2,3)4)26(41)39-17-15-25-31(19-39,18-23-8-6-7-16-36-23)28(43)40(38-25)20-32(33,34)35/h6-10,12-13,16,24H,5,11,14-15,17-20H2,1-4H3,(H,37,44)/t24?,31-/m1/s1. The Morgan fingerprint density at radius 2 is 1.80 bits per heavy atom. The van der Waals surface area contributed by atoms with Crippen molar-refractivity contribution in [3.05, 3.63) is 65.5 Å². The number of halogens is 3. The number of pyridine rings is 1. The van der Waals surface area contributed by atoms with Crippen LogP contribution < -0.4 is 5.32 Å². The van der Waals surface area contributed by atoms with Crippen LogP contribution >= 0.6 is 0 Å². The molecule has 2 atom stereocenters. The van der Waals surface area contributed by atoms with Gasteiger partial charge in [0, 0.05) is 37.8 Å². The molecular formula is C32H38F3N5O6. The van der Waals surface area contributed by atoms with Gasteiger partial charge in [-0.15, -0.1) is 0 Å². The molecule has 2 aliphatic rings. The number of hydrazone groups is 1. The monoisotopic (exact) mass is 645 g/mol. The summed E-state index contributed by atoms with van der Waals surface area (Å²) < 4.78 is 50.5. The Bertz CT molecular complexity index is 1460. The van der Waals surface area contributed by atoms with Crippen molar-refractivity contribution in [1.29, 1.82) is 0 Å². The first-order chi connectivity index (χ1) is 21.6. The highest BCUT2D eigenvalue weighted by Crippen LogP contribution is 2.39. The minimum absolute atomic E-state index is 0.0549. The second-order valence-corrected chi connectivity index (χ2v) is 12.3. The van der Waals surface area contributed by atoms with Crippen LogP contribution in [0.25, 0.3) is 0 Å². The molecule has 0 aliphatic carbocycles. The summed E-state index contributed by atoms with van der Waals surface area (Å²) in [6.07, 6.45) is -3.51. The highest BCUT2D eigenvalue weighted by atomic mass is 19.4. The number of benzene rings is 1. The van der Waals surface area contributed by atoms with E-state index in [1.165, 1.54) is 11.1 Å². The van der Waals surface area contributed by atoms with Gasteiger partial charge in [-0.1, -0.05) is 18.2 Å². The molecule has 2 aliphatic heterocycles. The van der Waals surface area contributed by atoms with Crippen molar-refractivity contribution in [1.82, 2.24) is 20.2 Å². The number of piperidine rings is 1. The predicted octanol–water partition coefficient (Wildman–Crippen LogP) is 4.31. The van der Waals surface area contributed by atoms with Crippen LogP contribution in [0.4, 0.5) is 18.0 Å². The Morgan fingerprint density at radius 1 is 1.09 bits per heavy atom. The summed E-state index contributed by atoms with van der Waals surface area (Å²) in [5.74, 6) is -1.84. The van der Waals surface area contributed by atoms with Crippen molar-refractivity contribution in [2.45, 2.75) is 71.2 Å². The van der Waals surface area contributed by atoms with E-state index < -0.39 is 53.7 Å². The molecular weight excluding hydrogens is 607 g/mol. The van der Waals surface area contributed by atoms with Gasteiger partial charge in [-0.25, -0.2) is 14.6 Å². The summed E-state index contributed by atoms with van der Waals surface area (Å²) in [5.41, 5.74) is -0.522. The van der Waals surface area contributed by atoms with E-state index in [9.17, 15) is 32.3 Å². The maximum absolute atomic E-state index is 14.1. The summed E-state index contributed by atoms with van der Waals surface area (Å²) in [6.45, 7) is 5.27. The molecule has 0 saturated carbocycles. The number of hydrogen-bond acceptors (Lipinski definition) is 8. The molecule has 0 radical (unpaired) electrons. The number of nitrogens with zero attached hydrogens (tertiary/aromatic N) is 4. The zero-order valence-electron chi connectivity index (χ0n) is 26.2. The van der Waals surface area contributed by atoms with E-state index in [-0.39, 0.29) is 44.7 Å². The average Bonchev–Trinajstić information content (AvgIpc) is 3.23. The van der Waals surface area contributed by atoms with Gasteiger partial charge in [-0.3, -0.25) is 14.6 Å². The number of fused-ring (bicyclic) bond motifs is 1. The number of carbonyl (C=O) groups excluding carboxylic acids is 4. The molecule has 248 valence electrons. The molecule has 2 aromatic rings. The van der Waals surface area contributed by atoms with Crippen LogP contribution in [0.5, 0.6) is 0 Å². The normalized spacial score (nSPS) is 18.8. The Balaban J connectivity index is 1.58. The van der Waals surface area contributed by atoms with Gasteiger partial charge in [0.2, 0.25) is 5.91 Å². The fourth-order valence-electron chi connectivity index (χ4n) is 5.52. The number of aromatic nitrogens is 1. The maximum Gasteiger partial charge on any atom is 0.408 e. The average molecular weight is 646 g/mol. The van der Waals surface area contributed by atoms with Gasteiger partial charge in [-0.2, -0.15) is 18.3 Å². The van der Waals surface area contributed by atoms with Crippen molar-refractivity contribution in [3.63, 3.8) is 0 Å². The summed E-state index contributed by atoms with van der Waals surface area (Å²) in [5, 5.41) is 7.15. The van der Waals surface area contributed by atoms with E-state index in [0.29, 0.717) is 22.7 Å². The maximum atomic E-state index is 14.1. The largest absolute Gasteiger partial charge is 0.462 e. The summed E-state index contributed by atoms with van der Waals surface area (Å²) in [7, 11) is 0.